The van der Waals surface area contributed by atoms with Crippen molar-refractivity contribution in [3.63, 3.8) is 0 Å². The molecule has 0 aromatic heterocycles. The zero-order chi connectivity index (χ0) is 16.9. The molecule has 10 heteroatoms. The summed E-state index contributed by atoms with van der Waals surface area (Å²) in [6.07, 6.45) is -8.78. The Morgan fingerprint density at radius 3 is 1.76 bits per heavy atom. The number of hydrogen-bond acceptors (Lipinski definition) is 2. The van der Waals surface area contributed by atoms with Gasteiger partial charge in [-0.05, 0) is 37.1 Å². The standard InChI is InChI=1S/C11H12F7NOS/c1-6-3-8(4-7(2)9(6)19)21(17,18,20)11(15,16)5-10(12,13)14/h3-4H,5,19H2,1-2H3. The van der Waals surface area contributed by atoms with E-state index in [4.69, 9.17) is 5.73 Å². The first kappa shape index (κ1) is 17.7. The Kier molecular flexibility index (Phi) is 3.87. The first-order valence-electron chi connectivity index (χ1n) is 5.48. The molecule has 0 aliphatic carbocycles. The van der Waals surface area contributed by atoms with Crippen LogP contribution in [0.25, 0.3) is 0 Å². The summed E-state index contributed by atoms with van der Waals surface area (Å²) in [6.45, 7) is 2.38. The van der Waals surface area contributed by atoms with Crippen LogP contribution in [0, 0.1) is 13.8 Å². The van der Waals surface area contributed by atoms with Gasteiger partial charge in [-0.3, -0.25) is 0 Å². The minimum Gasteiger partial charge on any atom is -0.398 e. The zero-order valence-electron chi connectivity index (χ0n) is 10.9. The van der Waals surface area contributed by atoms with Crippen molar-refractivity contribution in [3.8, 4) is 0 Å². The largest absolute Gasteiger partial charge is 0.398 e. The van der Waals surface area contributed by atoms with Crippen LogP contribution < -0.4 is 5.73 Å². The number of halogens is 7. The molecule has 0 bridgehead atoms. The Labute approximate surface area is 116 Å². The second-order valence-electron chi connectivity index (χ2n) is 4.66. The fourth-order valence-corrected chi connectivity index (χ4v) is 3.15. The molecule has 0 amide bonds. The fourth-order valence-electron chi connectivity index (χ4n) is 1.66. The van der Waals surface area contributed by atoms with Crippen LogP contribution >= 0.6 is 0 Å². The molecule has 0 saturated carbocycles. The third-order valence-corrected chi connectivity index (χ3v) is 5.02. The lowest BCUT2D eigenvalue weighted by Crippen LogP contribution is -2.45. The highest BCUT2D eigenvalue weighted by Gasteiger charge is 2.66. The Hall–Kier alpha value is -1.32. The number of rotatable bonds is 3. The smallest absolute Gasteiger partial charge is 0.396 e. The van der Waals surface area contributed by atoms with Gasteiger partial charge >= 0.3 is 11.4 Å². The van der Waals surface area contributed by atoms with Crippen molar-refractivity contribution >= 4 is 15.5 Å². The Morgan fingerprint density at radius 2 is 1.43 bits per heavy atom. The number of alkyl halides is 5. The summed E-state index contributed by atoms with van der Waals surface area (Å²) >= 11 is 0. The molecule has 0 spiro atoms. The molecule has 0 heterocycles. The van der Waals surface area contributed by atoms with E-state index in [0.29, 0.717) is 12.1 Å². The second kappa shape index (κ2) is 4.59. The molecule has 1 aromatic rings. The lowest BCUT2D eigenvalue weighted by Gasteiger charge is -2.34. The van der Waals surface area contributed by atoms with Gasteiger partial charge in [0.05, 0.1) is 4.90 Å². The monoisotopic (exact) mass is 339 g/mol. The molecule has 0 aliphatic heterocycles. The maximum atomic E-state index is 13.9. The van der Waals surface area contributed by atoms with Crippen LogP contribution in [0.3, 0.4) is 0 Å². The molecule has 21 heavy (non-hydrogen) atoms. The number of aryl methyl sites for hydroxylation is 2. The van der Waals surface area contributed by atoms with Gasteiger partial charge in [0.25, 0.3) is 0 Å². The van der Waals surface area contributed by atoms with Gasteiger partial charge in [-0.2, -0.15) is 22.0 Å². The molecule has 0 unspecified atom stereocenters. The van der Waals surface area contributed by atoms with Gasteiger partial charge in [-0.25, -0.2) is 4.21 Å². The van der Waals surface area contributed by atoms with Crippen LogP contribution in [0.4, 0.5) is 35.4 Å². The minimum absolute atomic E-state index is 0.000933. The van der Waals surface area contributed by atoms with Gasteiger partial charge in [0, 0.05) is 5.69 Å². The highest BCUT2D eigenvalue weighted by atomic mass is 32.3. The fraction of sp³-hybridized carbons (Fsp3) is 0.455. The van der Waals surface area contributed by atoms with Gasteiger partial charge in [0.1, 0.15) is 6.42 Å². The molecule has 1 rings (SSSR count). The average molecular weight is 339 g/mol. The predicted octanol–water partition coefficient (Wildman–Crippen LogP) is 4.38. The first-order valence-corrected chi connectivity index (χ1v) is 7.25. The Morgan fingerprint density at radius 1 is 1.05 bits per heavy atom. The quantitative estimate of drug-likeness (QED) is 0.505. The Bertz CT molecular complexity index is 609. The van der Waals surface area contributed by atoms with Crippen LogP contribution in [-0.4, -0.2) is 15.6 Å². The van der Waals surface area contributed by atoms with Gasteiger partial charge < -0.3 is 5.73 Å². The van der Waals surface area contributed by atoms with Crippen molar-refractivity contribution in [2.45, 2.75) is 36.6 Å². The van der Waals surface area contributed by atoms with Crippen molar-refractivity contribution in [1.29, 1.82) is 0 Å². The maximum Gasteiger partial charge on any atom is 0.396 e. The number of nitrogen functional groups attached to an aromatic ring is 1. The van der Waals surface area contributed by atoms with Crippen LogP contribution in [0.1, 0.15) is 17.5 Å². The lowest BCUT2D eigenvalue weighted by molar-refractivity contribution is -0.169. The summed E-state index contributed by atoms with van der Waals surface area (Å²) in [6, 6.07) is 0.836. The number of hydrogen-bond donors (Lipinski definition) is 1. The van der Waals surface area contributed by atoms with Gasteiger partial charge in [0.15, 0.2) is 0 Å². The molecule has 1 aromatic carbocycles. The van der Waals surface area contributed by atoms with Gasteiger partial charge in [0.2, 0.25) is 9.84 Å². The average Bonchev–Trinajstić information content (AvgIpc) is 2.20. The molecule has 0 saturated heterocycles. The van der Waals surface area contributed by atoms with Gasteiger partial charge in [-0.1, -0.05) is 0 Å². The Balaban J connectivity index is 3.53. The molecule has 0 aliphatic rings. The summed E-state index contributed by atoms with van der Waals surface area (Å²) in [4.78, 5) is -1.65. The van der Waals surface area contributed by atoms with Crippen LogP contribution in [0.5, 0.6) is 0 Å². The van der Waals surface area contributed by atoms with E-state index in [2.05, 4.69) is 0 Å². The van der Waals surface area contributed by atoms with E-state index in [0.717, 1.165) is 0 Å². The summed E-state index contributed by atoms with van der Waals surface area (Å²) in [5.41, 5.74) is 5.28. The van der Waals surface area contributed by atoms with Crippen LogP contribution in [0.2, 0.25) is 0 Å². The number of nitrogens with two attached hydrogens (primary N) is 1. The van der Waals surface area contributed by atoms with E-state index in [9.17, 15) is 33.9 Å². The first-order chi connectivity index (χ1) is 9.06. The van der Waals surface area contributed by atoms with E-state index in [-0.39, 0.29) is 16.8 Å². The molecule has 122 valence electrons. The maximum absolute atomic E-state index is 13.9. The summed E-state index contributed by atoms with van der Waals surface area (Å²) in [7, 11) is -8.06. The second-order valence-corrected chi connectivity index (χ2v) is 7.25. The normalized spacial score (nSPS) is 15.6. The molecule has 0 fully saturated rings. The van der Waals surface area contributed by atoms with E-state index < -0.39 is 32.6 Å². The van der Waals surface area contributed by atoms with Crippen LogP contribution in [-0.2, 0) is 9.84 Å². The zero-order valence-corrected chi connectivity index (χ0v) is 11.7. The molecule has 0 atom stereocenters. The third-order valence-electron chi connectivity index (χ3n) is 2.86. The van der Waals surface area contributed by atoms with Crippen molar-refractivity contribution in [1.82, 2.24) is 0 Å². The predicted molar refractivity (Wildman–Crippen MR) is 64.6 cm³/mol. The van der Waals surface area contributed by atoms with Crippen LogP contribution in [0.15, 0.2) is 17.0 Å². The van der Waals surface area contributed by atoms with E-state index in [1.54, 1.807) is 0 Å². The topological polar surface area (TPSA) is 43.1 Å². The van der Waals surface area contributed by atoms with E-state index in [1.165, 1.54) is 13.8 Å². The molecule has 0 radical (unpaired) electrons. The summed E-state index contributed by atoms with van der Waals surface area (Å²) in [5, 5.41) is -5.75. The highest BCUT2D eigenvalue weighted by Crippen LogP contribution is 2.56. The molecular formula is C11H12F7NOS. The molecule has 2 N–H and O–H groups in total. The minimum atomic E-state index is -8.06. The van der Waals surface area contributed by atoms with E-state index >= 15 is 0 Å². The van der Waals surface area contributed by atoms with Crippen molar-refractivity contribution < 1.29 is 33.9 Å². The summed E-state index contributed by atoms with van der Waals surface area (Å²) in [5.74, 6) is 0. The summed E-state index contributed by atoms with van der Waals surface area (Å²) < 4.78 is 102. The number of anilines is 1. The molecular weight excluding hydrogens is 327 g/mol. The highest BCUT2D eigenvalue weighted by molar-refractivity contribution is 8.12. The SMILES string of the molecule is Cc1cc(S(=O)(F)(F)C(F)(F)CC(F)(F)F)cc(C)c1N. The number of benzene rings is 1. The van der Waals surface area contributed by atoms with Gasteiger partial charge in [-0.15, -0.1) is 7.77 Å². The van der Waals surface area contributed by atoms with E-state index in [1.807, 2.05) is 0 Å². The lowest BCUT2D eigenvalue weighted by atomic mass is 10.1. The van der Waals surface area contributed by atoms with Crippen molar-refractivity contribution in [2.75, 3.05) is 5.73 Å². The third kappa shape index (κ3) is 3.14. The van der Waals surface area contributed by atoms with Crippen molar-refractivity contribution in [3.05, 3.63) is 23.3 Å². The van der Waals surface area contributed by atoms with Crippen molar-refractivity contribution in [2.24, 2.45) is 0 Å². The molecule has 2 nitrogen and oxygen atoms in total.